The maximum atomic E-state index is 13.1. The van der Waals surface area contributed by atoms with Crippen molar-refractivity contribution in [2.75, 3.05) is 38.5 Å². The summed E-state index contributed by atoms with van der Waals surface area (Å²) in [6.07, 6.45) is 2.22. The molecule has 2 amide bonds. The van der Waals surface area contributed by atoms with Crippen molar-refractivity contribution in [3.63, 3.8) is 0 Å². The minimum Gasteiger partial charge on any atom is -0.338 e. The number of benzene rings is 1. The van der Waals surface area contributed by atoms with Gasteiger partial charge in [-0.3, -0.25) is 9.59 Å². The molecule has 6 heteroatoms. The van der Waals surface area contributed by atoms with Gasteiger partial charge in [0.05, 0.1) is 7.05 Å². The van der Waals surface area contributed by atoms with Crippen molar-refractivity contribution in [3.05, 3.63) is 30.1 Å². The molecule has 23 heavy (non-hydrogen) atoms. The van der Waals surface area contributed by atoms with Crippen LogP contribution in [0.25, 0.3) is 0 Å². The van der Waals surface area contributed by atoms with Crippen LogP contribution in [-0.2, 0) is 9.59 Å². The van der Waals surface area contributed by atoms with Gasteiger partial charge in [0.15, 0.2) is 13.1 Å². The topological polar surface area (TPSA) is 53.9 Å². The number of hydrogen-bond acceptors (Lipinski definition) is 2. The molecule has 1 aliphatic rings. The number of amides is 2. The standard InChI is InChI=1S/C17H24FN3O2/c1-13-5-4-8-21(10-13)17(23)12-20(2)11-16(22)19-15-7-3-6-14(18)9-15/h3,6-7,9,13H,4-5,8,10-12H2,1-2H3,(H,19,22)/p+1/t13-/m1/s1. The molecule has 0 aromatic heterocycles. The van der Waals surface area contributed by atoms with Gasteiger partial charge in [0.2, 0.25) is 0 Å². The number of nitrogens with one attached hydrogen (secondary N) is 2. The average molecular weight is 322 g/mol. The average Bonchev–Trinajstić information content (AvgIpc) is 2.46. The number of likely N-dealkylation sites (tertiary alicyclic amines) is 1. The Labute approximate surface area is 136 Å². The number of nitrogens with zero attached hydrogens (tertiary/aromatic N) is 1. The molecule has 0 radical (unpaired) electrons. The van der Waals surface area contributed by atoms with E-state index < -0.39 is 5.82 Å². The van der Waals surface area contributed by atoms with E-state index in [2.05, 4.69) is 12.2 Å². The summed E-state index contributed by atoms with van der Waals surface area (Å²) in [5.74, 6) is 0.0164. The van der Waals surface area contributed by atoms with Crippen LogP contribution in [0.2, 0.25) is 0 Å². The normalized spacial score (nSPS) is 19.3. The van der Waals surface area contributed by atoms with Gasteiger partial charge in [-0.25, -0.2) is 4.39 Å². The Morgan fingerprint density at radius 2 is 2.17 bits per heavy atom. The first-order valence-electron chi connectivity index (χ1n) is 8.08. The second kappa shape index (κ2) is 8.06. The zero-order chi connectivity index (χ0) is 16.8. The van der Waals surface area contributed by atoms with Crippen molar-refractivity contribution in [1.82, 2.24) is 4.90 Å². The molecule has 1 fully saturated rings. The van der Waals surface area contributed by atoms with Gasteiger partial charge in [-0.05, 0) is 37.0 Å². The molecule has 1 saturated heterocycles. The summed E-state index contributed by atoms with van der Waals surface area (Å²) in [7, 11) is 1.82. The van der Waals surface area contributed by atoms with Crippen LogP contribution in [0, 0.1) is 11.7 Å². The second-order valence-electron chi connectivity index (χ2n) is 6.46. The highest BCUT2D eigenvalue weighted by molar-refractivity contribution is 5.91. The van der Waals surface area contributed by atoms with E-state index in [1.54, 1.807) is 12.1 Å². The van der Waals surface area contributed by atoms with Gasteiger partial charge in [0.25, 0.3) is 11.8 Å². The molecule has 0 aliphatic carbocycles. The Kier molecular flexibility index (Phi) is 6.10. The lowest BCUT2D eigenvalue weighted by molar-refractivity contribution is -0.862. The molecular formula is C17H25FN3O2+. The second-order valence-corrected chi connectivity index (χ2v) is 6.46. The van der Waals surface area contributed by atoms with Crippen molar-refractivity contribution in [2.45, 2.75) is 19.8 Å². The van der Waals surface area contributed by atoms with E-state index in [4.69, 9.17) is 0 Å². The van der Waals surface area contributed by atoms with Crippen LogP contribution in [-0.4, -0.2) is 49.9 Å². The van der Waals surface area contributed by atoms with E-state index in [1.807, 2.05) is 11.9 Å². The molecule has 2 rings (SSSR count). The first-order valence-corrected chi connectivity index (χ1v) is 8.08. The van der Waals surface area contributed by atoms with Crippen molar-refractivity contribution in [1.29, 1.82) is 0 Å². The fourth-order valence-electron chi connectivity index (χ4n) is 2.89. The zero-order valence-corrected chi connectivity index (χ0v) is 13.8. The Hall–Kier alpha value is -1.95. The van der Waals surface area contributed by atoms with Crippen molar-refractivity contribution in [2.24, 2.45) is 5.92 Å². The van der Waals surface area contributed by atoms with Crippen molar-refractivity contribution >= 4 is 17.5 Å². The van der Waals surface area contributed by atoms with E-state index in [9.17, 15) is 14.0 Å². The SMILES string of the molecule is C[C@@H]1CCCN(C(=O)C[NH+](C)CC(=O)Nc2cccc(F)c2)C1. The maximum Gasteiger partial charge on any atom is 0.279 e. The molecule has 2 N–H and O–H groups in total. The molecule has 1 aliphatic heterocycles. The minimum absolute atomic E-state index is 0.0904. The summed E-state index contributed by atoms with van der Waals surface area (Å²) in [6.45, 7) is 4.24. The highest BCUT2D eigenvalue weighted by atomic mass is 19.1. The third kappa shape index (κ3) is 5.63. The molecule has 2 atom stereocenters. The summed E-state index contributed by atoms with van der Waals surface area (Å²) in [5.41, 5.74) is 0.430. The lowest BCUT2D eigenvalue weighted by Crippen LogP contribution is -3.11. The summed E-state index contributed by atoms with van der Waals surface area (Å²) >= 11 is 0. The monoisotopic (exact) mass is 322 g/mol. The van der Waals surface area contributed by atoms with E-state index in [1.165, 1.54) is 18.6 Å². The van der Waals surface area contributed by atoms with Gasteiger partial charge >= 0.3 is 0 Å². The van der Waals surface area contributed by atoms with E-state index in [-0.39, 0.29) is 18.4 Å². The first kappa shape index (κ1) is 17.4. The quantitative estimate of drug-likeness (QED) is 0.831. The Morgan fingerprint density at radius 1 is 1.39 bits per heavy atom. The molecule has 1 aromatic rings. The van der Waals surface area contributed by atoms with Crippen molar-refractivity contribution < 1.29 is 18.9 Å². The Balaban J connectivity index is 1.78. The highest BCUT2D eigenvalue weighted by Gasteiger charge is 2.24. The predicted octanol–water partition coefficient (Wildman–Crippen LogP) is 0.537. The Morgan fingerprint density at radius 3 is 2.87 bits per heavy atom. The number of carbonyl (C=O) groups is 2. The smallest absolute Gasteiger partial charge is 0.279 e. The number of anilines is 1. The number of hydrogen-bond donors (Lipinski definition) is 2. The van der Waals surface area contributed by atoms with Crippen LogP contribution in [0.15, 0.2) is 24.3 Å². The number of halogens is 1. The van der Waals surface area contributed by atoms with Gasteiger partial charge in [0.1, 0.15) is 5.82 Å². The van der Waals surface area contributed by atoms with E-state index in [0.717, 1.165) is 24.4 Å². The molecular weight excluding hydrogens is 297 g/mol. The lowest BCUT2D eigenvalue weighted by Gasteiger charge is -2.31. The Bertz CT molecular complexity index is 565. The third-order valence-corrected chi connectivity index (χ3v) is 4.03. The largest absolute Gasteiger partial charge is 0.338 e. The number of rotatable bonds is 5. The maximum absolute atomic E-state index is 13.1. The van der Waals surface area contributed by atoms with E-state index >= 15 is 0 Å². The van der Waals surface area contributed by atoms with Crippen LogP contribution in [0.3, 0.4) is 0 Å². The molecule has 1 aromatic carbocycles. The van der Waals surface area contributed by atoms with Crippen molar-refractivity contribution in [3.8, 4) is 0 Å². The number of piperidine rings is 1. The van der Waals surface area contributed by atoms with Gasteiger partial charge in [0, 0.05) is 18.8 Å². The molecule has 0 bridgehead atoms. The number of likely N-dealkylation sites (N-methyl/N-ethyl adjacent to an activating group) is 1. The summed E-state index contributed by atoms with van der Waals surface area (Å²) in [5, 5.41) is 2.65. The lowest BCUT2D eigenvalue weighted by atomic mass is 10.0. The predicted molar refractivity (Wildman–Crippen MR) is 86.6 cm³/mol. The van der Waals surface area contributed by atoms with Gasteiger partial charge in [-0.15, -0.1) is 0 Å². The number of quaternary nitrogens is 1. The molecule has 1 unspecified atom stereocenters. The fourth-order valence-corrected chi connectivity index (χ4v) is 2.89. The zero-order valence-electron chi connectivity index (χ0n) is 13.8. The first-order chi connectivity index (χ1) is 10.9. The molecule has 0 saturated carbocycles. The highest BCUT2D eigenvalue weighted by Crippen LogP contribution is 2.14. The fraction of sp³-hybridized carbons (Fsp3) is 0.529. The van der Waals surface area contributed by atoms with E-state index in [0.29, 0.717) is 18.2 Å². The van der Waals surface area contributed by atoms with Crippen LogP contribution in [0.5, 0.6) is 0 Å². The molecule has 5 nitrogen and oxygen atoms in total. The minimum atomic E-state index is -0.391. The molecule has 126 valence electrons. The molecule has 1 heterocycles. The van der Waals surface area contributed by atoms with Gasteiger partial charge in [-0.2, -0.15) is 0 Å². The third-order valence-electron chi connectivity index (χ3n) is 4.03. The van der Waals surface area contributed by atoms with Gasteiger partial charge in [-0.1, -0.05) is 13.0 Å². The van der Waals surface area contributed by atoms with Crippen LogP contribution in [0.4, 0.5) is 10.1 Å². The number of carbonyl (C=O) groups excluding carboxylic acids is 2. The van der Waals surface area contributed by atoms with Crippen LogP contribution >= 0.6 is 0 Å². The van der Waals surface area contributed by atoms with Gasteiger partial charge < -0.3 is 15.1 Å². The summed E-state index contributed by atoms with van der Waals surface area (Å²) in [4.78, 5) is 26.9. The summed E-state index contributed by atoms with van der Waals surface area (Å²) < 4.78 is 13.1. The summed E-state index contributed by atoms with van der Waals surface area (Å²) in [6, 6.07) is 5.78. The van der Waals surface area contributed by atoms with Crippen LogP contribution < -0.4 is 10.2 Å². The molecule has 0 spiro atoms. The van der Waals surface area contributed by atoms with Crippen LogP contribution in [0.1, 0.15) is 19.8 Å².